The Labute approximate surface area is 201 Å². The van der Waals surface area contributed by atoms with E-state index in [0.717, 1.165) is 0 Å². The molecule has 0 aliphatic heterocycles. The maximum atomic E-state index is 12.0. The second kappa shape index (κ2) is 14.7. The number of carbonyl (C=O) groups excluding carboxylic acids is 2. The van der Waals surface area contributed by atoms with Gasteiger partial charge in [-0.2, -0.15) is 0 Å². The van der Waals surface area contributed by atoms with Crippen molar-refractivity contribution in [2.45, 2.75) is 54.4 Å². The van der Waals surface area contributed by atoms with Gasteiger partial charge in [0, 0.05) is 0 Å². The van der Waals surface area contributed by atoms with Gasteiger partial charge in [-0.25, -0.2) is 0 Å². The zero-order chi connectivity index (χ0) is 26.5. The molecular weight excluding hydrogens is 448 g/mol. The summed E-state index contributed by atoms with van der Waals surface area (Å²) in [5.74, 6) is -3.98. The van der Waals surface area contributed by atoms with E-state index in [2.05, 4.69) is 6.58 Å². The molecule has 0 heterocycles. The van der Waals surface area contributed by atoms with E-state index in [1.807, 2.05) is 0 Å². The van der Waals surface area contributed by atoms with Crippen molar-refractivity contribution in [3.8, 4) is 0 Å². The number of rotatable bonds is 18. The van der Waals surface area contributed by atoms with E-state index >= 15 is 0 Å². The van der Waals surface area contributed by atoms with Crippen LogP contribution in [0.2, 0.25) is 0 Å². The Morgan fingerprint density at radius 2 is 1.03 bits per heavy atom. The van der Waals surface area contributed by atoms with Crippen molar-refractivity contribution >= 4 is 23.9 Å². The standard InChI is InChI=1S/C24H40O10/c1-16(14-31-8-10-33-19(25)17(2)12-23(4,5)21(27)28)15-32-9-11-34-20(26)18(3)13-24(6,7)22(29)30/h17-18H,1,8-15H2,2-7H3,(H,27,28)(H,29,30). The molecule has 0 fully saturated rings. The lowest BCUT2D eigenvalue weighted by Crippen LogP contribution is -2.29. The minimum Gasteiger partial charge on any atom is -0.481 e. The summed E-state index contributed by atoms with van der Waals surface area (Å²) in [7, 11) is 0. The summed E-state index contributed by atoms with van der Waals surface area (Å²) in [6.07, 6.45) is 0.343. The first-order valence-electron chi connectivity index (χ1n) is 11.2. The van der Waals surface area contributed by atoms with Crippen molar-refractivity contribution in [3.05, 3.63) is 12.2 Å². The Morgan fingerprint density at radius 1 is 0.706 bits per heavy atom. The predicted molar refractivity (Wildman–Crippen MR) is 123 cm³/mol. The summed E-state index contributed by atoms with van der Waals surface area (Å²) in [6, 6.07) is 0. The van der Waals surface area contributed by atoms with Gasteiger partial charge in [0.2, 0.25) is 0 Å². The van der Waals surface area contributed by atoms with Crippen LogP contribution in [0.25, 0.3) is 0 Å². The molecular formula is C24H40O10. The van der Waals surface area contributed by atoms with Crippen LogP contribution in [0, 0.1) is 22.7 Å². The monoisotopic (exact) mass is 488 g/mol. The van der Waals surface area contributed by atoms with Crippen molar-refractivity contribution in [2.75, 3.05) is 39.6 Å². The second-order valence-corrected chi connectivity index (χ2v) is 9.78. The van der Waals surface area contributed by atoms with Gasteiger partial charge in [-0.15, -0.1) is 0 Å². The molecule has 0 aromatic heterocycles. The van der Waals surface area contributed by atoms with Gasteiger partial charge >= 0.3 is 23.9 Å². The third-order valence-corrected chi connectivity index (χ3v) is 5.15. The van der Waals surface area contributed by atoms with Gasteiger partial charge in [-0.1, -0.05) is 20.4 Å². The van der Waals surface area contributed by atoms with E-state index in [1.165, 1.54) is 0 Å². The van der Waals surface area contributed by atoms with Crippen molar-refractivity contribution in [2.24, 2.45) is 22.7 Å². The smallest absolute Gasteiger partial charge is 0.309 e. The number of carboxylic acid groups (broad SMARTS) is 2. The Bertz CT molecular complexity index is 653. The molecule has 0 amide bonds. The van der Waals surface area contributed by atoms with Gasteiger partial charge in [0.1, 0.15) is 13.2 Å². The van der Waals surface area contributed by atoms with Crippen LogP contribution in [-0.2, 0) is 38.1 Å². The molecule has 10 heteroatoms. The second-order valence-electron chi connectivity index (χ2n) is 9.78. The van der Waals surface area contributed by atoms with E-state index in [4.69, 9.17) is 29.2 Å². The highest BCUT2D eigenvalue weighted by atomic mass is 16.6. The molecule has 2 atom stereocenters. The average Bonchev–Trinajstić information content (AvgIpc) is 2.71. The Morgan fingerprint density at radius 3 is 1.32 bits per heavy atom. The molecule has 10 nitrogen and oxygen atoms in total. The van der Waals surface area contributed by atoms with Gasteiger partial charge in [-0.3, -0.25) is 19.2 Å². The number of carbonyl (C=O) groups is 4. The van der Waals surface area contributed by atoms with Crippen LogP contribution in [0.1, 0.15) is 54.4 Å². The Balaban J connectivity index is 3.91. The van der Waals surface area contributed by atoms with Crippen LogP contribution in [0.4, 0.5) is 0 Å². The summed E-state index contributed by atoms with van der Waals surface area (Å²) >= 11 is 0. The molecule has 2 unspecified atom stereocenters. The van der Waals surface area contributed by atoms with Crippen molar-refractivity contribution in [3.63, 3.8) is 0 Å². The van der Waals surface area contributed by atoms with Crippen LogP contribution >= 0.6 is 0 Å². The number of hydrogen-bond donors (Lipinski definition) is 2. The minimum atomic E-state index is -1.01. The molecule has 34 heavy (non-hydrogen) atoms. The van der Waals surface area contributed by atoms with Gasteiger partial charge in [0.05, 0.1) is 49.1 Å². The first kappa shape index (κ1) is 31.5. The highest BCUT2D eigenvalue weighted by Crippen LogP contribution is 2.27. The lowest BCUT2D eigenvalue weighted by Gasteiger charge is -2.22. The fraction of sp³-hybridized carbons (Fsp3) is 0.750. The Hall–Kier alpha value is -2.46. The molecule has 0 saturated heterocycles. The molecule has 0 aromatic rings. The highest BCUT2D eigenvalue weighted by molar-refractivity contribution is 5.77. The lowest BCUT2D eigenvalue weighted by molar-refractivity contribution is -0.155. The van der Waals surface area contributed by atoms with Gasteiger partial charge in [0.15, 0.2) is 0 Å². The molecule has 0 rings (SSSR count). The van der Waals surface area contributed by atoms with Gasteiger partial charge in [0.25, 0.3) is 0 Å². The molecule has 0 aliphatic carbocycles. The molecule has 0 bridgehead atoms. The third kappa shape index (κ3) is 12.7. The summed E-state index contributed by atoms with van der Waals surface area (Å²) in [6.45, 7) is 14.1. The van der Waals surface area contributed by atoms with Crippen LogP contribution in [0.5, 0.6) is 0 Å². The predicted octanol–water partition coefficient (Wildman–Crippen LogP) is 2.94. The molecule has 0 aliphatic rings. The van der Waals surface area contributed by atoms with Crippen LogP contribution in [-0.4, -0.2) is 73.7 Å². The topological polar surface area (TPSA) is 146 Å². The normalized spacial score (nSPS) is 13.6. The summed E-state index contributed by atoms with van der Waals surface area (Å²) in [5.41, 5.74) is -1.38. The number of ether oxygens (including phenoxy) is 4. The fourth-order valence-electron chi connectivity index (χ4n) is 3.03. The van der Waals surface area contributed by atoms with Crippen molar-refractivity contribution in [1.29, 1.82) is 0 Å². The van der Waals surface area contributed by atoms with E-state index in [0.29, 0.717) is 5.57 Å². The summed E-state index contributed by atoms with van der Waals surface area (Å²) in [4.78, 5) is 46.2. The zero-order valence-electron chi connectivity index (χ0n) is 21.2. The molecule has 0 radical (unpaired) electrons. The lowest BCUT2D eigenvalue weighted by atomic mass is 9.83. The van der Waals surface area contributed by atoms with E-state index in [-0.39, 0.29) is 52.5 Å². The van der Waals surface area contributed by atoms with Crippen LogP contribution in [0.15, 0.2) is 12.2 Å². The van der Waals surface area contributed by atoms with E-state index in [9.17, 15) is 19.2 Å². The van der Waals surface area contributed by atoms with Crippen LogP contribution in [0.3, 0.4) is 0 Å². The zero-order valence-corrected chi connectivity index (χ0v) is 21.2. The number of carboxylic acids is 2. The van der Waals surface area contributed by atoms with E-state index < -0.39 is 46.5 Å². The SMILES string of the molecule is C=C(COCCOC(=O)C(C)CC(C)(C)C(=O)O)COCCOC(=O)C(C)CC(C)(C)C(=O)O. The third-order valence-electron chi connectivity index (χ3n) is 5.15. The molecule has 0 aromatic carbocycles. The maximum Gasteiger partial charge on any atom is 0.309 e. The van der Waals surface area contributed by atoms with Crippen molar-refractivity contribution < 1.29 is 48.3 Å². The van der Waals surface area contributed by atoms with Crippen molar-refractivity contribution in [1.82, 2.24) is 0 Å². The fourth-order valence-corrected chi connectivity index (χ4v) is 3.03. The average molecular weight is 489 g/mol. The number of esters is 2. The first-order valence-corrected chi connectivity index (χ1v) is 11.2. The minimum absolute atomic E-state index is 0.0393. The number of aliphatic carboxylic acids is 2. The van der Waals surface area contributed by atoms with E-state index in [1.54, 1.807) is 41.5 Å². The summed E-state index contributed by atoms with van der Waals surface area (Å²) < 4.78 is 21.0. The molecule has 0 spiro atoms. The maximum absolute atomic E-state index is 12.0. The van der Waals surface area contributed by atoms with Gasteiger partial charge < -0.3 is 29.2 Å². The first-order chi connectivity index (χ1) is 15.6. The molecule has 0 saturated carbocycles. The largest absolute Gasteiger partial charge is 0.481 e. The Kier molecular flexibility index (Phi) is 13.7. The highest BCUT2D eigenvalue weighted by Gasteiger charge is 2.33. The number of hydrogen-bond acceptors (Lipinski definition) is 8. The quantitative estimate of drug-likeness (QED) is 0.168. The molecule has 196 valence electrons. The summed E-state index contributed by atoms with van der Waals surface area (Å²) in [5, 5.41) is 18.3. The van der Waals surface area contributed by atoms with Gasteiger partial charge in [-0.05, 0) is 46.1 Å². The van der Waals surface area contributed by atoms with Crippen LogP contribution < -0.4 is 0 Å². The molecule has 2 N–H and O–H groups in total.